The van der Waals surface area contributed by atoms with Gasteiger partial charge in [0.1, 0.15) is 0 Å². The molecule has 4 nitrogen and oxygen atoms in total. The standard InChI is InChI=1S/C10H7Cl2F3O4S2/c11-5-3-6(9(16)17)8(12)7(4-5)21(18,19)2-1-20-10(13,14)15/h3-4H,1-2H2,(H,16,17). The molecule has 0 aromatic heterocycles. The van der Waals surface area contributed by atoms with E-state index in [9.17, 15) is 26.4 Å². The lowest BCUT2D eigenvalue weighted by atomic mass is 10.2. The van der Waals surface area contributed by atoms with Crippen molar-refractivity contribution in [2.45, 2.75) is 10.4 Å². The number of sulfone groups is 1. The van der Waals surface area contributed by atoms with Gasteiger partial charge in [0, 0.05) is 10.8 Å². The average molecular weight is 383 g/mol. The third-order valence-corrected chi connectivity index (χ3v) is 5.65. The summed E-state index contributed by atoms with van der Waals surface area (Å²) in [5, 5.41) is 8.10. The molecule has 1 rings (SSSR count). The van der Waals surface area contributed by atoms with Crippen molar-refractivity contribution in [2.75, 3.05) is 11.5 Å². The second kappa shape index (κ2) is 6.64. The average Bonchev–Trinajstić information content (AvgIpc) is 2.29. The van der Waals surface area contributed by atoms with E-state index in [-0.39, 0.29) is 5.02 Å². The Kier molecular flexibility index (Phi) is 5.82. The summed E-state index contributed by atoms with van der Waals surface area (Å²) < 4.78 is 59.9. The van der Waals surface area contributed by atoms with Gasteiger partial charge < -0.3 is 5.11 Å². The van der Waals surface area contributed by atoms with Crippen molar-refractivity contribution in [2.24, 2.45) is 0 Å². The molecule has 0 amide bonds. The molecule has 0 unspecified atom stereocenters. The highest BCUT2D eigenvalue weighted by atomic mass is 35.5. The van der Waals surface area contributed by atoms with Gasteiger partial charge in [-0.3, -0.25) is 0 Å². The Balaban J connectivity index is 3.12. The van der Waals surface area contributed by atoms with E-state index in [1.54, 1.807) is 0 Å². The molecule has 0 aliphatic rings. The maximum atomic E-state index is 12.0. The molecule has 11 heteroatoms. The van der Waals surface area contributed by atoms with Gasteiger partial charge in [0.15, 0.2) is 9.84 Å². The van der Waals surface area contributed by atoms with Crippen molar-refractivity contribution in [3.05, 3.63) is 27.7 Å². The van der Waals surface area contributed by atoms with Crippen LogP contribution in [0.2, 0.25) is 10.0 Å². The van der Waals surface area contributed by atoms with Crippen LogP contribution in [0.5, 0.6) is 0 Å². The van der Waals surface area contributed by atoms with E-state index in [0.717, 1.165) is 12.1 Å². The predicted octanol–water partition coefficient (Wildman–Crippen LogP) is 3.72. The molecule has 0 saturated carbocycles. The van der Waals surface area contributed by atoms with Crippen molar-refractivity contribution in [3.8, 4) is 0 Å². The fourth-order valence-electron chi connectivity index (χ4n) is 1.32. The number of hydrogen-bond donors (Lipinski definition) is 1. The Bertz CT molecular complexity index is 659. The molecule has 0 fully saturated rings. The van der Waals surface area contributed by atoms with Crippen LogP contribution in [0.4, 0.5) is 13.2 Å². The highest BCUT2D eigenvalue weighted by Crippen LogP contribution is 2.33. The molecule has 0 spiro atoms. The lowest BCUT2D eigenvalue weighted by Crippen LogP contribution is -2.14. The van der Waals surface area contributed by atoms with Crippen molar-refractivity contribution in [3.63, 3.8) is 0 Å². The highest BCUT2D eigenvalue weighted by molar-refractivity contribution is 8.01. The van der Waals surface area contributed by atoms with Crippen LogP contribution in [-0.4, -0.2) is 36.5 Å². The Labute approximate surface area is 132 Å². The SMILES string of the molecule is O=C(O)c1cc(Cl)cc(S(=O)(=O)CCSC(F)(F)F)c1Cl. The van der Waals surface area contributed by atoms with E-state index < -0.39 is 60.1 Å². The van der Waals surface area contributed by atoms with Crippen molar-refractivity contribution in [1.29, 1.82) is 0 Å². The molecule has 0 atom stereocenters. The Morgan fingerprint density at radius 2 is 1.86 bits per heavy atom. The van der Waals surface area contributed by atoms with Crippen LogP contribution in [0.25, 0.3) is 0 Å². The predicted molar refractivity (Wildman–Crippen MR) is 74.0 cm³/mol. The number of hydrogen-bond acceptors (Lipinski definition) is 4. The highest BCUT2D eigenvalue weighted by Gasteiger charge is 2.30. The summed E-state index contributed by atoms with van der Waals surface area (Å²) in [5.74, 6) is -3.09. The molecular formula is C10H7Cl2F3O4S2. The number of carboxylic acid groups (broad SMARTS) is 1. The third kappa shape index (κ3) is 5.24. The zero-order valence-corrected chi connectivity index (χ0v) is 13.1. The van der Waals surface area contributed by atoms with Gasteiger partial charge in [-0.2, -0.15) is 13.2 Å². The molecule has 0 heterocycles. The summed E-state index contributed by atoms with van der Waals surface area (Å²) in [6, 6.07) is 1.86. The molecule has 21 heavy (non-hydrogen) atoms. The number of carboxylic acids is 1. The first kappa shape index (κ1) is 18.4. The van der Waals surface area contributed by atoms with Gasteiger partial charge in [-0.25, -0.2) is 13.2 Å². The number of thioether (sulfide) groups is 1. The number of aromatic carboxylic acids is 1. The summed E-state index contributed by atoms with van der Waals surface area (Å²) in [6.45, 7) is 0. The molecule has 1 aromatic carbocycles. The van der Waals surface area contributed by atoms with E-state index in [0.29, 0.717) is 0 Å². The Hall–Kier alpha value is -0.640. The minimum atomic E-state index is -4.56. The van der Waals surface area contributed by atoms with Crippen LogP contribution in [0.15, 0.2) is 17.0 Å². The zero-order valence-electron chi connectivity index (χ0n) is 9.95. The maximum absolute atomic E-state index is 12.0. The zero-order chi connectivity index (χ0) is 16.4. The van der Waals surface area contributed by atoms with E-state index in [2.05, 4.69) is 0 Å². The quantitative estimate of drug-likeness (QED) is 0.839. The number of carbonyl (C=O) groups is 1. The molecule has 0 radical (unpaired) electrons. The van der Waals surface area contributed by atoms with Gasteiger partial charge >= 0.3 is 11.5 Å². The van der Waals surface area contributed by atoms with Crippen LogP contribution < -0.4 is 0 Å². The first-order chi connectivity index (χ1) is 9.44. The monoisotopic (exact) mass is 382 g/mol. The largest absolute Gasteiger partial charge is 0.478 e. The minimum absolute atomic E-state index is 0.196. The summed E-state index contributed by atoms with van der Waals surface area (Å²) in [7, 11) is -4.19. The minimum Gasteiger partial charge on any atom is -0.478 e. The van der Waals surface area contributed by atoms with Crippen LogP contribution >= 0.6 is 35.0 Å². The fourth-order valence-corrected chi connectivity index (χ4v) is 4.50. The van der Waals surface area contributed by atoms with Crippen LogP contribution in [0.3, 0.4) is 0 Å². The van der Waals surface area contributed by atoms with E-state index >= 15 is 0 Å². The summed E-state index contributed by atoms with van der Waals surface area (Å²) in [4.78, 5) is 10.3. The fraction of sp³-hybridized carbons (Fsp3) is 0.300. The summed E-state index contributed by atoms with van der Waals surface area (Å²) in [6.07, 6.45) is 0. The topological polar surface area (TPSA) is 71.4 Å². The van der Waals surface area contributed by atoms with E-state index in [4.69, 9.17) is 28.3 Å². The van der Waals surface area contributed by atoms with Gasteiger partial charge in [-0.15, -0.1) is 0 Å². The number of rotatable bonds is 5. The van der Waals surface area contributed by atoms with E-state index in [1.807, 2.05) is 0 Å². The summed E-state index contributed by atoms with van der Waals surface area (Å²) >= 11 is 10.8. The molecule has 0 aliphatic heterocycles. The van der Waals surface area contributed by atoms with Crippen molar-refractivity contribution < 1.29 is 31.5 Å². The van der Waals surface area contributed by atoms with Gasteiger partial charge in [0.05, 0.1) is 21.2 Å². The second-order valence-electron chi connectivity index (χ2n) is 3.68. The van der Waals surface area contributed by atoms with Gasteiger partial charge in [-0.05, 0) is 23.9 Å². The maximum Gasteiger partial charge on any atom is 0.441 e. The first-order valence-corrected chi connectivity index (χ1v) is 8.49. The number of alkyl halides is 3. The molecule has 1 aromatic rings. The number of benzene rings is 1. The second-order valence-corrected chi connectivity index (χ2v) is 7.74. The van der Waals surface area contributed by atoms with E-state index in [1.165, 1.54) is 0 Å². The molecule has 0 bridgehead atoms. The lowest BCUT2D eigenvalue weighted by molar-refractivity contribution is -0.0326. The molecule has 1 N–H and O–H groups in total. The van der Waals surface area contributed by atoms with Crippen LogP contribution in [0.1, 0.15) is 10.4 Å². The number of halogens is 5. The molecule has 118 valence electrons. The molecule has 0 aliphatic carbocycles. The van der Waals surface area contributed by atoms with Gasteiger partial charge in [0.25, 0.3) is 0 Å². The van der Waals surface area contributed by atoms with Crippen molar-refractivity contribution >= 4 is 50.8 Å². The van der Waals surface area contributed by atoms with Gasteiger partial charge in [-0.1, -0.05) is 23.2 Å². The first-order valence-electron chi connectivity index (χ1n) is 5.10. The normalized spacial score (nSPS) is 12.4. The molecule has 0 saturated heterocycles. The summed E-state index contributed by atoms with van der Waals surface area (Å²) in [5.41, 5.74) is -5.09. The lowest BCUT2D eigenvalue weighted by Gasteiger charge is -2.10. The third-order valence-electron chi connectivity index (χ3n) is 2.19. The molecular weight excluding hydrogens is 376 g/mol. The van der Waals surface area contributed by atoms with Crippen molar-refractivity contribution in [1.82, 2.24) is 0 Å². The van der Waals surface area contributed by atoms with Crippen LogP contribution in [0, 0.1) is 0 Å². The van der Waals surface area contributed by atoms with Crippen LogP contribution in [-0.2, 0) is 9.84 Å². The smallest absolute Gasteiger partial charge is 0.441 e. The van der Waals surface area contributed by atoms with Gasteiger partial charge in [0.2, 0.25) is 0 Å². The Morgan fingerprint density at radius 3 is 2.33 bits per heavy atom. The Morgan fingerprint density at radius 1 is 1.29 bits per heavy atom.